The van der Waals surface area contributed by atoms with Crippen molar-refractivity contribution in [3.05, 3.63) is 36.0 Å². The van der Waals surface area contributed by atoms with Crippen molar-refractivity contribution >= 4 is 0 Å². The smallest absolute Gasteiger partial charge is 0.247 e. The molecule has 0 saturated carbocycles. The van der Waals surface area contributed by atoms with Gasteiger partial charge in [0.25, 0.3) is 0 Å². The van der Waals surface area contributed by atoms with E-state index in [1.165, 1.54) is 12.1 Å². The predicted octanol–water partition coefficient (Wildman–Crippen LogP) is 0.802. The first-order chi connectivity index (χ1) is 10.5. The quantitative estimate of drug-likeness (QED) is 0.850. The van der Waals surface area contributed by atoms with Gasteiger partial charge in [-0.3, -0.25) is 4.90 Å². The summed E-state index contributed by atoms with van der Waals surface area (Å²) in [5.74, 6) is 0.447. The number of likely N-dealkylation sites (tertiary alicyclic amines) is 1. The summed E-state index contributed by atoms with van der Waals surface area (Å²) in [6.45, 7) is 3.48. The van der Waals surface area contributed by atoms with Crippen LogP contribution in [-0.2, 0) is 5.41 Å². The van der Waals surface area contributed by atoms with Crippen molar-refractivity contribution in [2.24, 2.45) is 0 Å². The number of halogens is 1. The van der Waals surface area contributed by atoms with E-state index in [2.05, 4.69) is 10.2 Å². The molecule has 0 amide bonds. The first kappa shape index (κ1) is 15.1. The monoisotopic (exact) mass is 307 g/mol. The van der Waals surface area contributed by atoms with E-state index in [0.29, 0.717) is 37.0 Å². The van der Waals surface area contributed by atoms with Gasteiger partial charge < -0.3 is 14.6 Å². The van der Waals surface area contributed by atoms with Gasteiger partial charge in [-0.25, -0.2) is 4.39 Å². The van der Waals surface area contributed by atoms with Crippen molar-refractivity contribution < 1.29 is 19.0 Å². The number of nitrogens with zero attached hydrogens (tertiary/aromatic N) is 3. The van der Waals surface area contributed by atoms with Gasteiger partial charge in [0.2, 0.25) is 11.8 Å². The summed E-state index contributed by atoms with van der Waals surface area (Å²) < 4.78 is 18.9. The van der Waals surface area contributed by atoms with Gasteiger partial charge in [0.15, 0.2) is 0 Å². The largest absolute Gasteiger partial charge is 0.420 e. The molecule has 0 spiro atoms. The highest BCUT2D eigenvalue weighted by molar-refractivity contribution is 5.52. The van der Waals surface area contributed by atoms with Crippen LogP contribution in [0.25, 0.3) is 11.5 Å². The van der Waals surface area contributed by atoms with Crippen molar-refractivity contribution in [3.63, 3.8) is 0 Å². The van der Waals surface area contributed by atoms with Crippen molar-refractivity contribution in [2.75, 3.05) is 26.2 Å². The lowest BCUT2D eigenvalue weighted by atomic mass is 9.81. The number of aliphatic hydroxyl groups is 2. The Bertz CT molecular complexity index is 655. The van der Waals surface area contributed by atoms with Crippen LogP contribution < -0.4 is 0 Å². The van der Waals surface area contributed by atoms with Gasteiger partial charge in [0, 0.05) is 25.2 Å². The Morgan fingerprint density at radius 3 is 2.86 bits per heavy atom. The molecule has 22 heavy (non-hydrogen) atoms. The number of β-amino-alcohol motifs (C(OH)–C–C–N with tert-alkyl or cyclic N) is 1. The van der Waals surface area contributed by atoms with Gasteiger partial charge in [0.1, 0.15) is 5.82 Å². The Balaban J connectivity index is 1.70. The zero-order valence-electron chi connectivity index (χ0n) is 12.2. The highest BCUT2D eigenvalue weighted by Gasteiger charge is 2.44. The van der Waals surface area contributed by atoms with Gasteiger partial charge in [0.05, 0.1) is 18.1 Å². The molecule has 118 valence electrons. The summed E-state index contributed by atoms with van der Waals surface area (Å²) >= 11 is 0. The van der Waals surface area contributed by atoms with E-state index in [-0.39, 0.29) is 17.8 Å². The molecule has 1 saturated heterocycles. The summed E-state index contributed by atoms with van der Waals surface area (Å²) in [5.41, 5.74) is 0.266. The molecular formula is C15H18FN3O3. The van der Waals surface area contributed by atoms with E-state index < -0.39 is 6.10 Å². The fraction of sp³-hybridized carbons (Fsp3) is 0.467. The average Bonchev–Trinajstić information content (AvgIpc) is 2.95. The van der Waals surface area contributed by atoms with Crippen LogP contribution in [0.2, 0.25) is 0 Å². The maximum absolute atomic E-state index is 13.2. The van der Waals surface area contributed by atoms with Crippen LogP contribution in [0.4, 0.5) is 4.39 Å². The minimum Gasteiger partial charge on any atom is -0.420 e. The Morgan fingerprint density at radius 2 is 2.18 bits per heavy atom. The van der Waals surface area contributed by atoms with Crippen molar-refractivity contribution in [1.29, 1.82) is 0 Å². The van der Waals surface area contributed by atoms with Gasteiger partial charge >= 0.3 is 0 Å². The van der Waals surface area contributed by atoms with Crippen LogP contribution in [0.3, 0.4) is 0 Å². The highest BCUT2D eigenvalue weighted by atomic mass is 19.1. The SMILES string of the molecule is CC1(c2nnc(-c3cccc(F)c3)o2)CN(C[C@H](O)CO)C1. The fourth-order valence-corrected chi connectivity index (χ4v) is 2.77. The molecule has 1 aliphatic rings. The second-order valence-electron chi connectivity index (χ2n) is 5.99. The summed E-state index contributed by atoms with van der Waals surface area (Å²) in [6.07, 6.45) is -0.741. The molecule has 1 aromatic heterocycles. The third-order valence-electron chi connectivity index (χ3n) is 3.84. The molecule has 1 aliphatic heterocycles. The molecule has 1 aromatic carbocycles. The summed E-state index contributed by atoms with van der Waals surface area (Å²) in [5, 5.41) is 26.3. The molecule has 1 fully saturated rings. The van der Waals surface area contributed by atoms with Crippen molar-refractivity contribution in [3.8, 4) is 11.5 Å². The molecule has 0 aliphatic carbocycles. The third kappa shape index (κ3) is 2.87. The van der Waals surface area contributed by atoms with Crippen LogP contribution in [0.1, 0.15) is 12.8 Å². The van der Waals surface area contributed by atoms with Crippen LogP contribution in [0, 0.1) is 5.82 Å². The summed E-state index contributed by atoms with van der Waals surface area (Å²) in [4.78, 5) is 2.01. The van der Waals surface area contributed by atoms with E-state index in [4.69, 9.17) is 9.52 Å². The lowest BCUT2D eigenvalue weighted by molar-refractivity contribution is -0.00295. The van der Waals surface area contributed by atoms with Gasteiger partial charge in [-0.05, 0) is 25.1 Å². The molecule has 2 N–H and O–H groups in total. The number of benzene rings is 1. The maximum Gasteiger partial charge on any atom is 0.247 e. The molecule has 3 rings (SSSR count). The first-order valence-corrected chi connectivity index (χ1v) is 7.11. The third-order valence-corrected chi connectivity index (χ3v) is 3.84. The van der Waals surface area contributed by atoms with Crippen LogP contribution in [-0.4, -0.2) is 57.7 Å². The van der Waals surface area contributed by atoms with E-state index in [1.807, 2.05) is 11.8 Å². The molecule has 2 heterocycles. The Labute approximate surface area is 127 Å². The zero-order chi connectivity index (χ0) is 15.7. The van der Waals surface area contributed by atoms with E-state index >= 15 is 0 Å². The van der Waals surface area contributed by atoms with E-state index in [0.717, 1.165) is 0 Å². The molecule has 1 atom stereocenters. The topological polar surface area (TPSA) is 82.6 Å². The van der Waals surface area contributed by atoms with Gasteiger partial charge in [-0.1, -0.05) is 6.07 Å². The minimum atomic E-state index is -0.741. The van der Waals surface area contributed by atoms with Gasteiger partial charge in [-0.15, -0.1) is 10.2 Å². The van der Waals surface area contributed by atoms with Crippen LogP contribution in [0.5, 0.6) is 0 Å². The molecule has 7 heteroatoms. The van der Waals surface area contributed by atoms with Gasteiger partial charge in [-0.2, -0.15) is 0 Å². The average molecular weight is 307 g/mol. The number of aliphatic hydroxyl groups excluding tert-OH is 2. The maximum atomic E-state index is 13.2. The Kier molecular flexibility index (Phi) is 3.94. The lowest BCUT2D eigenvalue weighted by Gasteiger charge is -2.46. The minimum absolute atomic E-state index is 0.252. The first-order valence-electron chi connectivity index (χ1n) is 7.11. The summed E-state index contributed by atoms with van der Waals surface area (Å²) in [7, 11) is 0. The lowest BCUT2D eigenvalue weighted by Crippen LogP contribution is -2.59. The Hall–Kier alpha value is -1.83. The second kappa shape index (κ2) is 5.75. The molecule has 6 nitrogen and oxygen atoms in total. The van der Waals surface area contributed by atoms with E-state index in [9.17, 15) is 9.50 Å². The van der Waals surface area contributed by atoms with Crippen molar-refractivity contribution in [2.45, 2.75) is 18.4 Å². The molecule has 0 bridgehead atoms. The standard InChI is InChI=1S/C15H18FN3O3/c1-15(8-19(9-15)6-12(21)7-20)14-18-17-13(22-14)10-3-2-4-11(16)5-10/h2-5,12,20-21H,6-9H2,1H3/t12-/m0/s1. The fourth-order valence-electron chi connectivity index (χ4n) is 2.77. The van der Waals surface area contributed by atoms with Crippen molar-refractivity contribution in [1.82, 2.24) is 15.1 Å². The molecule has 2 aromatic rings. The summed E-state index contributed by atoms with van der Waals surface area (Å²) in [6, 6.07) is 6.02. The number of hydrogen-bond donors (Lipinski definition) is 2. The Morgan fingerprint density at radius 1 is 1.41 bits per heavy atom. The zero-order valence-corrected chi connectivity index (χ0v) is 12.2. The highest BCUT2D eigenvalue weighted by Crippen LogP contribution is 2.34. The number of rotatable bonds is 5. The number of aromatic nitrogens is 2. The second-order valence-corrected chi connectivity index (χ2v) is 5.99. The molecule has 0 radical (unpaired) electrons. The van der Waals surface area contributed by atoms with Crippen LogP contribution >= 0.6 is 0 Å². The van der Waals surface area contributed by atoms with E-state index in [1.54, 1.807) is 12.1 Å². The molecular weight excluding hydrogens is 289 g/mol. The predicted molar refractivity (Wildman–Crippen MR) is 76.6 cm³/mol. The normalized spacial score (nSPS) is 18.9. The van der Waals surface area contributed by atoms with Crippen LogP contribution in [0.15, 0.2) is 28.7 Å². The molecule has 0 unspecified atom stereocenters. The number of hydrogen-bond acceptors (Lipinski definition) is 6.